The van der Waals surface area contributed by atoms with Crippen LogP contribution in [-0.4, -0.2) is 19.5 Å². The topological polar surface area (TPSA) is 43.6 Å². The molecule has 0 atom stereocenters. The van der Waals surface area contributed by atoms with Gasteiger partial charge in [-0.15, -0.1) is 0 Å². The molecule has 0 aliphatic rings. The molecular formula is C39H26N4. The van der Waals surface area contributed by atoms with E-state index in [1.807, 2.05) is 109 Å². The average Bonchev–Trinajstić information content (AvgIpc) is 3.49. The second-order valence-electron chi connectivity index (χ2n) is 10.2. The number of hydrogen-bond acceptors (Lipinski definition) is 3. The zero-order valence-electron chi connectivity index (χ0n) is 27.0. The van der Waals surface area contributed by atoms with Gasteiger partial charge in [0.15, 0.2) is 11.6 Å². The Hall–Kier alpha value is -5.87. The number of benzene rings is 6. The fraction of sp³-hybridized carbons (Fsp3) is 0. The molecule has 0 bridgehead atoms. The van der Waals surface area contributed by atoms with Crippen LogP contribution in [0.4, 0.5) is 0 Å². The molecule has 6 aromatic carbocycles. The maximum absolute atomic E-state index is 9.07. The lowest BCUT2D eigenvalue weighted by atomic mass is 9.94. The Labute approximate surface area is 255 Å². The molecule has 0 unspecified atom stereocenters. The quantitative estimate of drug-likeness (QED) is 0.213. The van der Waals surface area contributed by atoms with Crippen LogP contribution in [0.15, 0.2) is 158 Å². The van der Waals surface area contributed by atoms with Crippen LogP contribution in [0.5, 0.6) is 0 Å². The van der Waals surface area contributed by atoms with E-state index in [1.54, 1.807) is 4.57 Å². The van der Waals surface area contributed by atoms with E-state index in [-0.39, 0.29) is 30.1 Å². The summed E-state index contributed by atoms with van der Waals surface area (Å²) in [4.78, 5) is 14.7. The third-order valence-corrected chi connectivity index (χ3v) is 7.61. The predicted molar refractivity (Wildman–Crippen MR) is 176 cm³/mol. The van der Waals surface area contributed by atoms with Gasteiger partial charge in [0, 0.05) is 21.9 Å². The summed E-state index contributed by atoms with van der Waals surface area (Å²) in [6.07, 6.45) is 0. The first-order valence-corrected chi connectivity index (χ1v) is 14.1. The summed E-state index contributed by atoms with van der Waals surface area (Å²) in [5, 5.41) is 1.09. The Kier molecular flexibility index (Phi) is 5.11. The lowest BCUT2D eigenvalue weighted by Gasteiger charge is -2.13. The Balaban J connectivity index is 1.48. The zero-order chi connectivity index (χ0) is 32.1. The number of aromatic nitrogens is 4. The first-order chi connectivity index (χ1) is 23.0. The van der Waals surface area contributed by atoms with Gasteiger partial charge in [-0.1, -0.05) is 146 Å². The van der Waals surface area contributed by atoms with E-state index >= 15 is 0 Å². The number of hydrogen-bond donors (Lipinski definition) is 0. The SMILES string of the molecule is [2H]c1c([2H])c([2H])c2c(c1[2H])c1ccc(-c3ccccc3-c3ccccc3)cc1n2-c1nc(-c2ccccc2)nc(-c2ccccc2)n1. The molecule has 43 heavy (non-hydrogen) atoms. The van der Waals surface area contributed by atoms with Gasteiger partial charge in [0.2, 0.25) is 5.95 Å². The average molecular weight is 555 g/mol. The smallest absolute Gasteiger partial charge is 0.238 e. The Morgan fingerprint density at radius 2 is 0.977 bits per heavy atom. The van der Waals surface area contributed by atoms with Gasteiger partial charge < -0.3 is 0 Å². The molecule has 0 saturated heterocycles. The van der Waals surface area contributed by atoms with Crippen molar-refractivity contribution in [2.45, 2.75) is 0 Å². The molecule has 2 aromatic heterocycles. The molecule has 0 N–H and O–H groups in total. The Morgan fingerprint density at radius 3 is 1.60 bits per heavy atom. The highest BCUT2D eigenvalue weighted by Gasteiger charge is 2.18. The predicted octanol–water partition coefficient (Wildman–Crippen LogP) is 9.64. The van der Waals surface area contributed by atoms with Gasteiger partial charge >= 0.3 is 0 Å². The van der Waals surface area contributed by atoms with Crippen LogP contribution < -0.4 is 0 Å². The second-order valence-corrected chi connectivity index (χ2v) is 10.2. The van der Waals surface area contributed by atoms with E-state index in [9.17, 15) is 0 Å². The summed E-state index contributed by atoms with van der Waals surface area (Å²) in [6.45, 7) is 0. The van der Waals surface area contributed by atoms with Crippen molar-refractivity contribution in [3.05, 3.63) is 158 Å². The molecule has 4 nitrogen and oxygen atoms in total. The van der Waals surface area contributed by atoms with Crippen molar-refractivity contribution in [1.82, 2.24) is 19.5 Å². The van der Waals surface area contributed by atoms with Crippen LogP contribution in [0.25, 0.3) is 72.8 Å². The standard InChI is InChI=1S/C39H26N4/c1-4-14-27(15-5-1)31-20-10-11-21-32(31)30-24-25-34-33-22-12-13-23-35(33)43(36(34)26-30)39-41-37(28-16-6-2-7-17-28)40-38(42-39)29-18-8-3-9-19-29/h1-26H/i12D,13D,22D,23D. The Bertz CT molecular complexity index is 2390. The van der Waals surface area contributed by atoms with E-state index in [4.69, 9.17) is 20.4 Å². The van der Waals surface area contributed by atoms with E-state index in [0.717, 1.165) is 33.4 Å². The molecule has 202 valence electrons. The van der Waals surface area contributed by atoms with Gasteiger partial charge in [-0.3, -0.25) is 4.57 Å². The summed E-state index contributed by atoms with van der Waals surface area (Å²) < 4.78 is 36.9. The summed E-state index contributed by atoms with van der Waals surface area (Å²) in [7, 11) is 0. The molecule has 0 radical (unpaired) electrons. The van der Waals surface area contributed by atoms with Crippen molar-refractivity contribution < 1.29 is 5.48 Å². The lowest BCUT2D eigenvalue weighted by Crippen LogP contribution is -2.06. The van der Waals surface area contributed by atoms with Crippen molar-refractivity contribution in [2.24, 2.45) is 0 Å². The molecule has 0 amide bonds. The van der Waals surface area contributed by atoms with Crippen LogP contribution in [0.2, 0.25) is 0 Å². The minimum atomic E-state index is -0.318. The van der Waals surface area contributed by atoms with Gasteiger partial charge in [-0.2, -0.15) is 9.97 Å². The van der Waals surface area contributed by atoms with E-state index in [2.05, 4.69) is 24.3 Å². The van der Waals surface area contributed by atoms with Crippen molar-refractivity contribution in [1.29, 1.82) is 0 Å². The molecule has 4 heteroatoms. The van der Waals surface area contributed by atoms with Crippen molar-refractivity contribution >= 4 is 21.8 Å². The second kappa shape index (κ2) is 10.5. The summed E-state index contributed by atoms with van der Waals surface area (Å²) in [5.41, 5.74) is 6.67. The van der Waals surface area contributed by atoms with Gasteiger partial charge in [-0.25, -0.2) is 4.98 Å². The number of para-hydroxylation sites is 1. The molecule has 2 heterocycles. The molecular weight excluding hydrogens is 524 g/mol. The zero-order valence-corrected chi connectivity index (χ0v) is 23.0. The number of rotatable bonds is 5. The molecule has 8 rings (SSSR count). The van der Waals surface area contributed by atoms with Gasteiger partial charge in [0.05, 0.1) is 16.5 Å². The first-order valence-electron chi connectivity index (χ1n) is 16.1. The van der Waals surface area contributed by atoms with Crippen LogP contribution in [-0.2, 0) is 0 Å². The minimum absolute atomic E-state index is 0.109. The molecule has 0 fully saturated rings. The van der Waals surface area contributed by atoms with E-state index in [0.29, 0.717) is 33.5 Å². The third kappa shape index (κ3) is 4.46. The molecule has 8 aromatic rings. The lowest BCUT2D eigenvalue weighted by molar-refractivity contribution is 0.953. The fourth-order valence-electron chi connectivity index (χ4n) is 5.59. The van der Waals surface area contributed by atoms with Crippen LogP contribution >= 0.6 is 0 Å². The molecule has 0 aliphatic carbocycles. The largest absolute Gasteiger partial charge is 0.278 e. The highest BCUT2D eigenvalue weighted by atomic mass is 15.2. The molecule has 0 spiro atoms. The molecule has 0 saturated carbocycles. The summed E-state index contributed by atoms with van der Waals surface area (Å²) >= 11 is 0. The molecule has 0 aliphatic heterocycles. The van der Waals surface area contributed by atoms with Crippen molar-refractivity contribution in [3.63, 3.8) is 0 Å². The maximum atomic E-state index is 9.07. The highest BCUT2D eigenvalue weighted by molar-refractivity contribution is 6.10. The monoisotopic (exact) mass is 554 g/mol. The van der Waals surface area contributed by atoms with E-state index < -0.39 is 0 Å². The van der Waals surface area contributed by atoms with Gasteiger partial charge in [-0.05, 0) is 34.4 Å². The van der Waals surface area contributed by atoms with Crippen molar-refractivity contribution in [2.75, 3.05) is 0 Å². The first kappa shape index (κ1) is 20.9. The normalized spacial score (nSPS) is 12.6. The Morgan fingerprint density at radius 1 is 0.442 bits per heavy atom. The third-order valence-electron chi connectivity index (χ3n) is 7.61. The summed E-state index contributed by atoms with van der Waals surface area (Å²) in [5.74, 6) is 1.17. The van der Waals surface area contributed by atoms with Crippen molar-refractivity contribution in [3.8, 4) is 51.0 Å². The summed E-state index contributed by atoms with van der Waals surface area (Å²) in [6, 6.07) is 42.8. The number of fused-ring (bicyclic) bond motifs is 3. The highest BCUT2D eigenvalue weighted by Crippen LogP contribution is 2.37. The maximum Gasteiger partial charge on any atom is 0.238 e. The van der Waals surface area contributed by atoms with Crippen LogP contribution in [0.3, 0.4) is 0 Å². The van der Waals surface area contributed by atoms with Crippen LogP contribution in [0.1, 0.15) is 5.48 Å². The minimum Gasteiger partial charge on any atom is -0.278 e. The van der Waals surface area contributed by atoms with Crippen LogP contribution in [0, 0.1) is 0 Å². The number of nitrogens with zero attached hydrogens (tertiary/aromatic N) is 4. The fourth-order valence-corrected chi connectivity index (χ4v) is 5.59. The van der Waals surface area contributed by atoms with Gasteiger partial charge in [0.1, 0.15) is 0 Å². The van der Waals surface area contributed by atoms with E-state index in [1.165, 1.54) is 0 Å². The van der Waals surface area contributed by atoms with Gasteiger partial charge in [0.25, 0.3) is 0 Å².